The Morgan fingerprint density at radius 1 is 1.44 bits per heavy atom. The molecule has 0 fully saturated rings. The Kier molecular flexibility index (Phi) is 5.12. The van der Waals surface area contributed by atoms with E-state index in [1.165, 1.54) is 6.92 Å². The van der Waals surface area contributed by atoms with Gasteiger partial charge in [0.15, 0.2) is 0 Å². The number of aliphatic hydroxyl groups is 3. The second kappa shape index (κ2) is 5.43. The Balaban J connectivity index is 5.17. The normalized spacial score (nSPS) is 14.4. The standard InChI is InChI=1S/C11H21NO4/c1-5-9(16)12-10(3,4)11(6-13,7-14)8(2)15/h5,8,13-15H,1,6-7H2,2-4H3,(H,12,16). The number of carbonyl (C=O) groups excluding carboxylic acids is 1. The zero-order valence-corrected chi connectivity index (χ0v) is 10.0. The quantitative estimate of drug-likeness (QED) is 0.460. The van der Waals surface area contributed by atoms with E-state index in [0.29, 0.717) is 0 Å². The summed E-state index contributed by atoms with van der Waals surface area (Å²) in [5, 5.41) is 31.0. The summed E-state index contributed by atoms with van der Waals surface area (Å²) >= 11 is 0. The van der Waals surface area contributed by atoms with Gasteiger partial charge in [0.2, 0.25) is 5.91 Å². The second-order valence-electron chi connectivity index (χ2n) is 4.47. The number of aliphatic hydroxyl groups excluding tert-OH is 3. The molecule has 0 aliphatic rings. The first-order valence-electron chi connectivity index (χ1n) is 5.11. The minimum absolute atomic E-state index is 0.420. The van der Waals surface area contributed by atoms with E-state index in [1.807, 2.05) is 0 Å². The summed E-state index contributed by atoms with van der Waals surface area (Å²) in [5.41, 5.74) is -2.17. The Morgan fingerprint density at radius 2 is 1.88 bits per heavy atom. The molecule has 0 saturated heterocycles. The predicted octanol–water partition coefficient (Wildman–Crippen LogP) is -0.581. The molecule has 0 spiro atoms. The molecule has 1 unspecified atom stereocenters. The van der Waals surface area contributed by atoms with E-state index < -0.39 is 36.2 Å². The zero-order chi connectivity index (χ0) is 13.0. The fourth-order valence-corrected chi connectivity index (χ4v) is 1.72. The molecule has 0 bridgehead atoms. The molecular weight excluding hydrogens is 210 g/mol. The van der Waals surface area contributed by atoms with E-state index in [2.05, 4.69) is 11.9 Å². The van der Waals surface area contributed by atoms with Crippen LogP contribution in [0, 0.1) is 5.41 Å². The topological polar surface area (TPSA) is 89.8 Å². The van der Waals surface area contributed by atoms with Crippen molar-refractivity contribution in [3.8, 4) is 0 Å². The van der Waals surface area contributed by atoms with E-state index in [4.69, 9.17) is 0 Å². The van der Waals surface area contributed by atoms with Crippen LogP contribution in [0.3, 0.4) is 0 Å². The highest BCUT2D eigenvalue weighted by Gasteiger charge is 2.48. The first-order valence-corrected chi connectivity index (χ1v) is 5.11. The molecule has 0 saturated carbocycles. The molecule has 94 valence electrons. The maximum atomic E-state index is 11.3. The Bertz CT molecular complexity index is 257. The number of nitrogens with one attached hydrogen (secondary N) is 1. The van der Waals surface area contributed by atoms with Gasteiger partial charge in [-0.3, -0.25) is 4.79 Å². The van der Waals surface area contributed by atoms with E-state index >= 15 is 0 Å². The molecule has 0 aliphatic heterocycles. The largest absolute Gasteiger partial charge is 0.396 e. The van der Waals surface area contributed by atoms with Crippen LogP contribution >= 0.6 is 0 Å². The smallest absolute Gasteiger partial charge is 0.243 e. The molecule has 0 aromatic rings. The molecule has 1 amide bonds. The average molecular weight is 231 g/mol. The van der Waals surface area contributed by atoms with Crippen LogP contribution in [0.2, 0.25) is 0 Å². The molecule has 0 rings (SSSR count). The lowest BCUT2D eigenvalue weighted by molar-refractivity contribution is -0.127. The van der Waals surface area contributed by atoms with Crippen molar-refractivity contribution in [3.63, 3.8) is 0 Å². The van der Waals surface area contributed by atoms with Gasteiger partial charge in [-0.15, -0.1) is 0 Å². The van der Waals surface area contributed by atoms with Crippen molar-refractivity contribution in [3.05, 3.63) is 12.7 Å². The van der Waals surface area contributed by atoms with Crippen LogP contribution in [-0.2, 0) is 4.79 Å². The molecule has 0 aliphatic carbocycles. The number of carbonyl (C=O) groups is 1. The van der Waals surface area contributed by atoms with E-state index in [9.17, 15) is 20.1 Å². The zero-order valence-electron chi connectivity index (χ0n) is 10.0. The number of hydrogen-bond donors (Lipinski definition) is 4. The van der Waals surface area contributed by atoms with Crippen molar-refractivity contribution in [1.82, 2.24) is 5.32 Å². The molecule has 0 aromatic carbocycles. The molecule has 0 aromatic heterocycles. The summed E-state index contributed by atoms with van der Waals surface area (Å²) < 4.78 is 0. The summed E-state index contributed by atoms with van der Waals surface area (Å²) in [6.07, 6.45) is 0.131. The molecule has 5 heteroatoms. The first-order chi connectivity index (χ1) is 7.27. The van der Waals surface area contributed by atoms with Crippen LogP contribution in [0.4, 0.5) is 0 Å². The van der Waals surface area contributed by atoms with Gasteiger partial charge in [-0.2, -0.15) is 0 Å². The van der Waals surface area contributed by atoms with Crippen molar-refractivity contribution >= 4 is 5.91 Å². The Morgan fingerprint density at radius 3 is 2.12 bits per heavy atom. The highest BCUT2D eigenvalue weighted by Crippen LogP contribution is 2.34. The van der Waals surface area contributed by atoms with Gasteiger partial charge in [0.05, 0.1) is 24.7 Å². The molecule has 4 N–H and O–H groups in total. The van der Waals surface area contributed by atoms with Crippen LogP contribution in [0.1, 0.15) is 20.8 Å². The van der Waals surface area contributed by atoms with Crippen LogP contribution in [0.5, 0.6) is 0 Å². The third-order valence-corrected chi connectivity index (χ3v) is 3.23. The summed E-state index contributed by atoms with van der Waals surface area (Å²) in [4.78, 5) is 11.3. The minimum Gasteiger partial charge on any atom is -0.396 e. The summed E-state index contributed by atoms with van der Waals surface area (Å²) in [6, 6.07) is 0. The molecule has 1 atom stereocenters. The highest BCUT2D eigenvalue weighted by molar-refractivity contribution is 5.87. The Hall–Kier alpha value is -0.910. The fourth-order valence-electron chi connectivity index (χ4n) is 1.72. The first kappa shape index (κ1) is 15.1. The van der Waals surface area contributed by atoms with Gasteiger partial charge in [-0.1, -0.05) is 6.58 Å². The lowest BCUT2D eigenvalue weighted by Gasteiger charge is -2.46. The van der Waals surface area contributed by atoms with Crippen molar-refractivity contribution in [2.45, 2.75) is 32.4 Å². The average Bonchev–Trinajstić information content (AvgIpc) is 2.18. The van der Waals surface area contributed by atoms with Gasteiger partial charge >= 0.3 is 0 Å². The second-order valence-corrected chi connectivity index (χ2v) is 4.47. The van der Waals surface area contributed by atoms with Crippen LogP contribution < -0.4 is 5.32 Å². The summed E-state index contributed by atoms with van der Waals surface area (Å²) in [7, 11) is 0. The minimum atomic E-state index is -1.20. The number of rotatable bonds is 6. The van der Waals surface area contributed by atoms with Gasteiger partial charge in [-0.05, 0) is 26.8 Å². The van der Waals surface area contributed by atoms with Crippen molar-refractivity contribution in [1.29, 1.82) is 0 Å². The number of hydrogen-bond acceptors (Lipinski definition) is 4. The Labute approximate surface area is 95.8 Å². The monoisotopic (exact) mass is 231 g/mol. The van der Waals surface area contributed by atoms with Crippen LogP contribution in [0.25, 0.3) is 0 Å². The van der Waals surface area contributed by atoms with Gasteiger partial charge in [0.25, 0.3) is 0 Å². The lowest BCUT2D eigenvalue weighted by Crippen LogP contribution is -2.63. The lowest BCUT2D eigenvalue weighted by atomic mass is 9.68. The third-order valence-electron chi connectivity index (χ3n) is 3.23. The maximum Gasteiger partial charge on any atom is 0.243 e. The van der Waals surface area contributed by atoms with Crippen molar-refractivity contribution in [2.24, 2.45) is 5.41 Å². The predicted molar refractivity (Wildman–Crippen MR) is 60.7 cm³/mol. The summed E-state index contributed by atoms with van der Waals surface area (Å²) in [6.45, 7) is 7.18. The van der Waals surface area contributed by atoms with Gasteiger partial charge in [0, 0.05) is 5.54 Å². The van der Waals surface area contributed by atoms with Crippen LogP contribution in [0.15, 0.2) is 12.7 Å². The third kappa shape index (κ3) is 2.61. The van der Waals surface area contributed by atoms with Gasteiger partial charge in [-0.25, -0.2) is 0 Å². The van der Waals surface area contributed by atoms with Gasteiger partial charge < -0.3 is 20.6 Å². The number of amides is 1. The van der Waals surface area contributed by atoms with Crippen molar-refractivity contribution in [2.75, 3.05) is 13.2 Å². The van der Waals surface area contributed by atoms with E-state index in [0.717, 1.165) is 6.08 Å². The highest BCUT2D eigenvalue weighted by atomic mass is 16.3. The molecule has 0 radical (unpaired) electrons. The molecule has 0 heterocycles. The van der Waals surface area contributed by atoms with E-state index in [-0.39, 0.29) is 0 Å². The maximum absolute atomic E-state index is 11.3. The van der Waals surface area contributed by atoms with Crippen LogP contribution in [-0.4, -0.2) is 46.1 Å². The molecular formula is C11H21NO4. The summed E-state index contributed by atoms with van der Waals surface area (Å²) in [5.74, 6) is -0.420. The fraction of sp³-hybridized carbons (Fsp3) is 0.727. The van der Waals surface area contributed by atoms with Crippen molar-refractivity contribution < 1.29 is 20.1 Å². The van der Waals surface area contributed by atoms with E-state index in [1.54, 1.807) is 13.8 Å². The van der Waals surface area contributed by atoms with Gasteiger partial charge in [0.1, 0.15) is 0 Å². The SMILES string of the molecule is C=CC(=O)NC(C)(C)C(CO)(CO)C(C)O. The molecule has 16 heavy (non-hydrogen) atoms. The molecule has 5 nitrogen and oxygen atoms in total.